The lowest BCUT2D eigenvalue weighted by molar-refractivity contribution is 0.0842. The lowest BCUT2D eigenvalue weighted by atomic mass is 9.68. The monoisotopic (exact) mass is 333 g/mol. The van der Waals surface area contributed by atoms with E-state index in [-0.39, 0.29) is 23.5 Å². The van der Waals surface area contributed by atoms with E-state index in [9.17, 15) is 5.26 Å². The Bertz CT molecular complexity index is 1010. The first-order valence-corrected chi connectivity index (χ1v) is 8.60. The van der Waals surface area contributed by atoms with Crippen LogP contribution < -0.4 is 0 Å². The summed E-state index contributed by atoms with van der Waals surface area (Å²) in [6, 6.07) is 4.62. The second-order valence-electron chi connectivity index (χ2n) is 7.48. The molecule has 6 heteroatoms. The van der Waals surface area contributed by atoms with Crippen LogP contribution in [0.4, 0.5) is 0 Å². The number of aromatic amines is 1. The van der Waals surface area contributed by atoms with Crippen LogP contribution in [0.1, 0.15) is 25.3 Å². The number of aromatic nitrogens is 4. The Morgan fingerprint density at radius 1 is 1.44 bits per heavy atom. The molecule has 0 amide bonds. The van der Waals surface area contributed by atoms with Gasteiger partial charge in [-0.1, -0.05) is 6.92 Å². The van der Waals surface area contributed by atoms with Gasteiger partial charge < -0.3 is 9.72 Å². The van der Waals surface area contributed by atoms with Crippen molar-refractivity contribution >= 4 is 11.0 Å². The highest BCUT2D eigenvalue weighted by molar-refractivity contribution is 5.93. The third kappa shape index (κ3) is 1.99. The fourth-order valence-electron chi connectivity index (χ4n) is 4.45. The molecule has 2 saturated heterocycles. The third-order valence-corrected chi connectivity index (χ3v) is 5.96. The number of hydrogen-bond donors (Lipinski definition) is 1. The van der Waals surface area contributed by atoms with Gasteiger partial charge in [-0.05, 0) is 24.5 Å². The molecule has 0 saturated carbocycles. The predicted molar refractivity (Wildman–Crippen MR) is 92.6 cm³/mol. The largest absolute Gasteiger partial charge is 0.373 e. The van der Waals surface area contributed by atoms with E-state index < -0.39 is 0 Å². The second kappa shape index (κ2) is 4.93. The van der Waals surface area contributed by atoms with E-state index in [0.29, 0.717) is 0 Å². The van der Waals surface area contributed by atoms with Crippen molar-refractivity contribution in [2.75, 3.05) is 0 Å². The van der Waals surface area contributed by atoms with E-state index in [1.54, 1.807) is 4.68 Å². The molecule has 2 aliphatic heterocycles. The van der Waals surface area contributed by atoms with Crippen molar-refractivity contribution in [2.45, 2.75) is 37.4 Å². The van der Waals surface area contributed by atoms with Crippen LogP contribution in [0.25, 0.3) is 22.2 Å². The number of rotatable bonds is 2. The average molecular weight is 333 g/mol. The summed E-state index contributed by atoms with van der Waals surface area (Å²) in [5, 5.41) is 14.6. The molecule has 2 aliphatic rings. The van der Waals surface area contributed by atoms with Crippen LogP contribution in [0.2, 0.25) is 0 Å². The first-order chi connectivity index (χ1) is 12.1. The highest BCUT2D eigenvalue weighted by Gasteiger charge is 2.55. The zero-order valence-corrected chi connectivity index (χ0v) is 14.2. The quantitative estimate of drug-likeness (QED) is 0.782. The van der Waals surface area contributed by atoms with Crippen LogP contribution >= 0.6 is 0 Å². The summed E-state index contributed by atoms with van der Waals surface area (Å²) in [7, 11) is 1.92. The number of pyridine rings is 1. The molecule has 2 fully saturated rings. The molecular weight excluding hydrogens is 314 g/mol. The zero-order valence-electron chi connectivity index (χ0n) is 14.2. The summed E-state index contributed by atoms with van der Waals surface area (Å²) in [4.78, 5) is 7.90. The summed E-state index contributed by atoms with van der Waals surface area (Å²) in [5.74, 6) is 0.0352. The lowest BCUT2D eigenvalue weighted by Gasteiger charge is -2.32. The Kier molecular flexibility index (Phi) is 2.89. The molecule has 6 nitrogen and oxygen atoms in total. The van der Waals surface area contributed by atoms with E-state index in [2.05, 4.69) is 34.1 Å². The standard InChI is InChI=1S/C19H19N5O/c1-19(5-16-11(6-20)3-17(19)25-16)13-4-14-15(9-22-18(14)21-8-13)12-7-23-24(2)10-12/h4,7-11,16-17H,3,5H2,1-2H3,(H,21,22)/t11?,16?,17?,19-/m0/s1. The van der Waals surface area contributed by atoms with Gasteiger partial charge in [0.15, 0.2) is 0 Å². The summed E-state index contributed by atoms with van der Waals surface area (Å²) in [6.45, 7) is 2.24. The van der Waals surface area contributed by atoms with Gasteiger partial charge in [-0.15, -0.1) is 0 Å². The van der Waals surface area contributed by atoms with Gasteiger partial charge in [0.2, 0.25) is 0 Å². The van der Waals surface area contributed by atoms with Gasteiger partial charge in [0, 0.05) is 47.6 Å². The maximum Gasteiger partial charge on any atom is 0.137 e. The van der Waals surface area contributed by atoms with Crippen LogP contribution in [-0.4, -0.2) is 32.0 Å². The zero-order chi connectivity index (χ0) is 17.2. The molecule has 0 aromatic carbocycles. The minimum atomic E-state index is -0.0807. The first-order valence-electron chi connectivity index (χ1n) is 8.60. The number of nitrogens with zero attached hydrogens (tertiary/aromatic N) is 4. The molecular formula is C19H19N5O. The maximum atomic E-state index is 9.25. The van der Waals surface area contributed by atoms with Gasteiger partial charge in [0.1, 0.15) is 5.65 Å². The summed E-state index contributed by atoms with van der Waals surface area (Å²) < 4.78 is 7.89. The minimum absolute atomic E-state index is 0.0352. The molecule has 5 rings (SSSR count). The second-order valence-corrected chi connectivity index (χ2v) is 7.48. The molecule has 4 atom stereocenters. The number of nitriles is 1. The van der Waals surface area contributed by atoms with Gasteiger partial charge in [0.25, 0.3) is 0 Å². The van der Waals surface area contributed by atoms with Crippen LogP contribution in [0.5, 0.6) is 0 Å². The molecule has 5 heterocycles. The SMILES string of the molecule is Cn1cc(-c2c[nH]c3ncc([C@]4(C)CC5OC4CC5C#N)cc23)cn1. The number of ether oxygens (including phenoxy) is 1. The van der Waals surface area contributed by atoms with Gasteiger partial charge in [0.05, 0.1) is 30.4 Å². The van der Waals surface area contributed by atoms with E-state index in [1.165, 1.54) is 5.56 Å². The Morgan fingerprint density at radius 2 is 2.32 bits per heavy atom. The van der Waals surface area contributed by atoms with Gasteiger partial charge in [-0.2, -0.15) is 10.4 Å². The minimum Gasteiger partial charge on any atom is -0.373 e. The van der Waals surface area contributed by atoms with Crippen molar-refractivity contribution in [3.63, 3.8) is 0 Å². The Labute approximate surface area is 145 Å². The lowest BCUT2D eigenvalue weighted by Crippen LogP contribution is -2.36. The van der Waals surface area contributed by atoms with Crippen molar-refractivity contribution in [1.82, 2.24) is 19.7 Å². The molecule has 0 radical (unpaired) electrons. The number of aryl methyl sites for hydroxylation is 1. The molecule has 3 unspecified atom stereocenters. The summed E-state index contributed by atoms with van der Waals surface area (Å²) in [6.07, 6.45) is 9.68. The normalized spacial score (nSPS) is 30.8. The Hall–Kier alpha value is -2.65. The van der Waals surface area contributed by atoms with Crippen molar-refractivity contribution in [3.05, 3.63) is 36.4 Å². The van der Waals surface area contributed by atoms with Crippen molar-refractivity contribution in [3.8, 4) is 17.2 Å². The average Bonchev–Trinajstić information content (AvgIpc) is 3.35. The first kappa shape index (κ1) is 14.7. The highest BCUT2D eigenvalue weighted by Crippen LogP contribution is 2.51. The van der Waals surface area contributed by atoms with E-state index in [0.717, 1.165) is 35.0 Å². The predicted octanol–water partition coefficient (Wildman–Crippen LogP) is 2.92. The molecule has 0 aliphatic carbocycles. The number of H-pyrrole nitrogens is 1. The third-order valence-electron chi connectivity index (χ3n) is 5.96. The van der Waals surface area contributed by atoms with Crippen molar-refractivity contribution < 1.29 is 4.74 Å². The molecule has 25 heavy (non-hydrogen) atoms. The number of nitrogens with one attached hydrogen (secondary N) is 1. The molecule has 126 valence electrons. The van der Waals surface area contributed by atoms with Crippen molar-refractivity contribution in [2.24, 2.45) is 13.0 Å². The Balaban J connectivity index is 1.59. The number of fused-ring (bicyclic) bond motifs is 3. The smallest absolute Gasteiger partial charge is 0.137 e. The van der Waals surface area contributed by atoms with Crippen molar-refractivity contribution in [1.29, 1.82) is 5.26 Å². The highest BCUT2D eigenvalue weighted by atomic mass is 16.5. The van der Waals surface area contributed by atoms with Crippen LogP contribution in [-0.2, 0) is 17.2 Å². The van der Waals surface area contributed by atoms with Crippen LogP contribution in [0.3, 0.4) is 0 Å². The number of hydrogen-bond acceptors (Lipinski definition) is 4. The maximum absolute atomic E-state index is 9.25. The summed E-state index contributed by atoms with van der Waals surface area (Å²) >= 11 is 0. The fourth-order valence-corrected chi connectivity index (χ4v) is 4.45. The topological polar surface area (TPSA) is 79.5 Å². The van der Waals surface area contributed by atoms with E-state index in [4.69, 9.17) is 4.74 Å². The molecule has 1 N–H and O–H groups in total. The molecule has 0 spiro atoms. The van der Waals surface area contributed by atoms with Crippen LogP contribution in [0, 0.1) is 17.2 Å². The van der Waals surface area contributed by atoms with Gasteiger partial charge in [-0.3, -0.25) is 4.68 Å². The van der Waals surface area contributed by atoms with E-state index >= 15 is 0 Å². The van der Waals surface area contributed by atoms with E-state index in [1.807, 2.05) is 31.8 Å². The Morgan fingerprint density at radius 3 is 3.00 bits per heavy atom. The van der Waals surface area contributed by atoms with Gasteiger partial charge >= 0.3 is 0 Å². The molecule has 3 aromatic heterocycles. The fraction of sp³-hybridized carbons (Fsp3) is 0.421. The van der Waals surface area contributed by atoms with Gasteiger partial charge in [-0.25, -0.2) is 4.98 Å². The molecule has 3 aromatic rings. The van der Waals surface area contributed by atoms with Crippen LogP contribution in [0.15, 0.2) is 30.9 Å². The summed E-state index contributed by atoms with van der Waals surface area (Å²) in [5.41, 5.74) is 4.17. The molecule has 2 bridgehead atoms.